The molecule has 4 aromatic rings. The van der Waals surface area contributed by atoms with Gasteiger partial charge in [0, 0.05) is 30.2 Å². The van der Waals surface area contributed by atoms with Gasteiger partial charge in [0.1, 0.15) is 11.6 Å². The van der Waals surface area contributed by atoms with Gasteiger partial charge < -0.3 is 16.9 Å². The van der Waals surface area contributed by atoms with Gasteiger partial charge in [-0.3, -0.25) is 4.98 Å². The molecule has 0 unspecified atom stereocenters. The van der Waals surface area contributed by atoms with Crippen molar-refractivity contribution in [2.75, 3.05) is 20.6 Å². The predicted octanol–water partition coefficient (Wildman–Crippen LogP) is 5.09. The summed E-state index contributed by atoms with van der Waals surface area (Å²) in [5.41, 5.74) is 3.48. The number of hydrogen-bond acceptors (Lipinski definition) is 3. The summed E-state index contributed by atoms with van der Waals surface area (Å²) in [4.78, 5) is 11.4. The molecular formula is C21H22ClFN4Pt. The number of hydrogen-bond donors (Lipinski definition) is 0. The molecule has 0 radical (unpaired) electrons. The summed E-state index contributed by atoms with van der Waals surface area (Å²) >= 11 is 1.61. The van der Waals surface area contributed by atoms with Crippen molar-refractivity contribution in [3.8, 4) is 11.4 Å². The number of pyridine rings is 1. The van der Waals surface area contributed by atoms with Crippen LogP contribution in [0, 0.1) is 13.2 Å². The second-order valence-corrected chi connectivity index (χ2v) is 6.40. The number of aromatic nitrogens is 3. The van der Waals surface area contributed by atoms with Crippen LogP contribution in [0.3, 0.4) is 0 Å². The molecular weight excluding hydrogens is 558 g/mol. The standard InChI is InChI=1S/C20H19FN4.CH3.ClH.Pt/c1-24(2)11-12-25-18-13-15(21)8-9-17(18)23-20(25)16-7-3-5-14-6-4-10-22-19(14)16;;;/h3-10,13H,11-12H2,1-2H3;1H3;1H;/q;-1;;+2/p-1. The first kappa shape index (κ1) is 22.5. The molecule has 0 fully saturated rings. The molecule has 2 aromatic heterocycles. The van der Waals surface area contributed by atoms with Gasteiger partial charge in [0.05, 0.1) is 16.6 Å². The monoisotopic (exact) mass is 579 g/mol. The first-order chi connectivity index (χ1) is 13.1. The molecule has 0 aliphatic heterocycles. The Morgan fingerprint density at radius 3 is 2.61 bits per heavy atom. The number of imidazole rings is 1. The van der Waals surface area contributed by atoms with Gasteiger partial charge in [-0.1, -0.05) is 18.2 Å². The average molecular weight is 580 g/mol. The average Bonchev–Trinajstić information content (AvgIpc) is 3.05. The van der Waals surface area contributed by atoms with E-state index in [0.717, 1.165) is 46.4 Å². The van der Waals surface area contributed by atoms with Crippen molar-refractivity contribution in [2.24, 2.45) is 0 Å². The summed E-state index contributed by atoms with van der Waals surface area (Å²) in [5, 5.41) is 1.07. The van der Waals surface area contributed by atoms with Gasteiger partial charge in [-0.05, 0) is 44.4 Å². The van der Waals surface area contributed by atoms with Gasteiger partial charge in [-0.25, -0.2) is 9.37 Å². The third-order valence-corrected chi connectivity index (χ3v) is 4.35. The minimum atomic E-state index is -0.249. The first-order valence-electron chi connectivity index (χ1n) is 8.40. The number of fused-ring (bicyclic) bond motifs is 2. The fourth-order valence-corrected chi connectivity index (χ4v) is 3.11. The molecule has 0 bridgehead atoms. The van der Waals surface area contributed by atoms with Crippen LogP contribution in [0.15, 0.2) is 54.7 Å². The van der Waals surface area contributed by atoms with Crippen LogP contribution in [0.25, 0.3) is 33.3 Å². The molecule has 0 atom stereocenters. The number of halogens is 2. The van der Waals surface area contributed by atoms with Crippen LogP contribution in [0.5, 0.6) is 0 Å². The van der Waals surface area contributed by atoms with Crippen molar-refractivity contribution in [2.45, 2.75) is 6.54 Å². The Labute approximate surface area is 180 Å². The normalized spacial score (nSPS) is 10.7. The van der Waals surface area contributed by atoms with Crippen LogP contribution in [-0.4, -0.2) is 40.1 Å². The van der Waals surface area contributed by atoms with E-state index in [0.29, 0.717) is 0 Å². The molecule has 2 aromatic carbocycles. The molecule has 0 saturated heterocycles. The molecule has 0 aliphatic carbocycles. The molecule has 0 N–H and O–H groups in total. The zero-order valence-corrected chi connectivity index (χ0v) is 19.0. The van der Waals surface area contributed by atoms with E-state index in [2.05, 4.69) is 23.9 Å². The Morgan fingerprint density at radius 1 is 1.11 bits per heavy atom. The SMILES string of the molecule is CN(C)CCn1c(-c2cccc3cccnc23)nc2ccc(F)cc21.[CH3-].[Cl][Pt+]. The van der Waals surface area contributed by atoms with Crippen LogP contribution in [0.2, 0.25) is 0 Å². The summed E-state index contributed by atoms with van der Waals surface area (Å²) in [6.45, 7) is 1.57. The number of para-hydroxylation sites is 1. The van der Waals surface area contributed by atoms with E-state index < -0.39 is 0 Å². The predicted molar refractivity (Wildman–Crippen MR) is 111 cm³/mol. The Morgan fingerprint density at radius 2 is 1.86 bits per heavy atom. The number of nitrogens with zero attached hydrogens (tertiary/aromatic N) is 4. The van der Waals surface area contributed by atoms with Crippen molar-refractivity contribution in [3.63, 3.8) is 0 Å². The Bertz CT molecular complexity index is 1060. The topological polar surface area (TPSA) is 34.0 Å². The maximum absolute atomic E-state index is 13.8. The maximum atomic E-state index is 13.8. The van der Waals surface area contributed by atoms with Crippen LogP contribution in [-0.2, 0) is 25.3 Å². The molecule has 0 aliphatic rings. The van der Waals surface area contributed by atoms with E-state index in [4.69, 9.17) is 4.98 Å². The van der Waals surface area contributed by atoms with E-state index in [1.807, 2.05) is 44.4 Å². The van der Waals surface area contributed by atoms with Crippen LogP contribution in [0.4, 0.5) is 4.39 Å². The minimum absolute atomic E-state index is 0. The van der Waals surface area contributed by atoms with Gasteiger partial charge in [0.2, 0.25) is 0 Å². The molecule has 4 rings (SSSR count). The van der Waals surface area contributed by atoms with Crippen LogP contribution >= 0.6 is 9.42 Å². The van der Waals surface area contributed by atoms with Crippen LogP contribution in [0.1, 0.15) is 0 Å². The molecule has 0 saturated carbocycles. The summed E-state index contributed by atoms with van der Waals surface area (Å²) in [6.07, 6.45) is 1.79. The van der Waals surface area contributed by atoms with Gasteiger partial charge in [0.15, 0.2) is 0 Å². The Kier molecular flexibility index (Phi) is 8.11. The van der Waals surface area contributed by atoms with Crippen molar-refractivity contribution in [1.82, 2.24) is 19.4 Å². The molecule has 7 heteroatoms. The quantitative estimate of drug-likeness (QED) is 0.316. The number of benzene rings is 2. The number of rotatable bonds is 4. The van der Waals surface area contributed by atoms with E-state index in [9.17, 15) is 4.39 Å². The second kappa shape index (κ2) is 10.1. The molecule has 28 heavy (non-hydrogen) atoms. The molecule has 2 heterocycles. The Balaban J connectivity index is 0.000000906. The van der Waals surface area contributed by atoms with Crippen molar-refractivity contribution in [3.05, 3.63) is 68.0 Å². The first-order valence-corrected chi connectivity index (χ1v) is 11.2. The van der Waals surface area contributed by atoms with E-state index in [1.54, 1.807) is 37.1 Å². The fraction of sp³-hybridized carbons (Fsp3) is 0.190. The summed E-state index contributed by atoms with van der Waals surface area (Å²) < 4.78 is 15.9. The summed E-state index contributed by atoms with van der Waals surface area (Å²) in [5.74, 6) is 0.577. The Hall–Kier alpha value is -1.81. The van der Waals surface area contributed by atoms with Crippen molar-refractivity contribution in [1.29, 1.82) is 0 Å². The second-order valence-electron chi connectivity index (χ2n) is 6.40. The third kappa shape index (κ3) is 4.60. The van der Waals surface area contributed by atoms with E-state index in [1.165, 1.54) is 6.07 Å². The number of likely N-dealkylation sites (N-methyl/N-ethyl adjacent to an activating group) is 1. The van der Waals surface area contributed by atoms with Crippen molar-refractivity contribution >= 4 is 31.4 Å². The summed E-state index contributed by atoms with van der Waals surface area (Å²) in [6, 6.07) is 14.8. The fourth-order valence-electron chi connectivity index (χ4n) is 3.11. The van der Waals surface area contributed by atoms with Gasteiger partial charge in [-0.15, -0.1) is 0 Å². The van der Waals surface area contributed by atoms with E-state index in [-0.39, 0.29) is 13.2 Å². The van der Waals surface area contributed by atoms with Gasteiger partial charge in [0.25, 0.3) is 0 Å². The molecule has 0 amide bonds. The van der Waals surface area contributed by atoms with Crippen LogP contribution < -0.4 is 0 Å². The molecule has 0 spiro atoms. The van der Waals surface area contributed by atoms with Gasteiger partial charge in [-0.2, -0.15) is 0 Å². The van der Waals surface area contributed by atoms with E-state index >= 15 is 0 Å². The summed E-state index contributed by atoms with van der Waals surface area (Å²) in [7, 11) is 8.66. The molecule has 150 valence electrons. The van der Waals surface area contributed by atoms with Crippen molar-refractivity contribution < 1.29 is 23.2 Å². The van der Waals surface area contributed by atoms with Gasteiger partial charge >= 0.3 is 28.2 Å². The molecule has 4 nitrogen and oxygen atoms in total. The zero-order valence-electron chi connectivity index (χ0n) is 16.0. The zero-order chi connectivity index (χ0) is 19.4. The third-order valence-electron chi connectivity index (χ3n) is 4.35.